The number of allylic oxidation sites excluding steroid dienone is 4. The maximum Gasteiger partial charge on any atom is 0.192 e. The molecule has 2 nitrogen and oxygen atoms in total. The van der Waals surface area contributed by atoms with Gasteiger partial charge in [0, 0.05) is 0 Å². The van der Waals surface area contributed by atoms with Crippen LogP contribution in [0, 0.1) is 0 Å². The fourth-order valence-electron chi connectivity index (χ4n) is 2.44. The fraction of sp³-hybridized carbons (Fsp3) is 0.684. The van der Waals surface area contributed by atoms with Gasteiger partial charge in [-0.2, -0.15) is 0 Å². The Labute approximate surface area is 138 Å². The molecule has 1 atom stereocenters. The Kier molecular flexibility index (Phi) is 6.84. The van der Waals surface area contributed by atoms with Crippen LogP contribution >= 0.6 is 0 Å². The van der Waals surface area contributed by atoms with Crippen LogP contribution in [0.1, 0.15) is 53.9 Å². The second-order valence-electron chi connectivity index (χ2n) is 7.93. The van der Waals surface area contributed by atoms with Gasteiger partial charge in [-0.3, -0.25) is 0 Å². The standard InChI is InChI=1S/C19H34O2Si/c1-15(13-14-20)11-12-17-9-8-10-18(16(17)2)21-22(6,7)19(3,4)5/h11-13,18,20H,8-10,14H2,1-7H3/b12-11+,15-13-. The first-order valence-electron chi connectivity index (χ1n) is 8.41. The molecule has 1 aliphatic rings. The van der Waals surface area contributed by atoms with Crippen LogP contribution in [0.25, 0.3) is 0 Å². The summed E-state index contributed by atoms with van der Waals surface area (Å²) < 4.78 is 6.63. The van der Waals surface area contributed by atoms with E-state index in [1.54, 1.807) is 0 Å². The molecule has 3 heteroatoms. The van der Waals surface area contributed by atoms with E-state index in [9.17, 15) is 0 Å². The van der Waals surface area contributed by atoms with Crippen LogP contribution in [0.3, 0.4) is 0 Å². The van der Waals surface area contributed by atoms with Crippen LogP contribution in [0.5, 0.6) is 0 Å². The molecule has 0 heterocycles. The van der Waals surface area contributed by atoms with Crippen LogP contribution < -0.4 is 0 Å². The quantitative estimate of drug-likeness (QED) is 0.544. The molecule has 1 unspecified atom stereocenters. The Bertz CT molecular complexity index is 464. The van der Waals surface area contributed by atoms with E-state index in [0.717, 1.165) is 18.4 Å². The van der Waals surface area contributed by atoms with E-state index < -0.39 is 8.32 Å². The number of aliphatic hydroxyl groups is 1. The Hall–Kier alpha value is -0.643. The van der Waals surface area contributed by atoms with Crippen molar-refractivity contribution in [2.24, 2.45) is 0 Å². The van der Waals surface area contributed by atoms with Crippen molar-refractivity contribution in [2.45, 2.75) is 78.1 Å². The zero-order chi connectivity index (χ0) is 17.0. The van der Waals surface area contributed by atoms with Crippen molar-refractivity contribution >= 4 is 8.32 Å². The second kappa shape index (κ2) is 7.76. The van der Waals surface area contributed by atoms with Crippen molar-refractivity contribution in [2.75, 3.05) is 6.61 Å². The Morgan fingerprint density at radius 1 is 1.36 bits per heavy atom. The molecule has 22 heavy (non-hydrogen) atoms. The molecule has 0 aromatic carbocycles. The number of aliphatic hydroxyl groups excluding tert-OH is 1. The van der Waals surface area contributed by atoms with Gasteiger partial charge in [0.25, 0.3) is 0 Å². The third-order valence-electron chi connectivity index (χ3n) is 5.11. The van der Waals surface area contributed by atoms with Gasteiger partial charge in [-0.15, -0.1) is 0 Å². The summed E-state index contributed by atoms with van der Waals surface area (Å²) in [7, 11) is -1.72. The summed E-state index contributed by atoms with van der Waals surface area (Å²) in [6, 6.07) is 0. The van der Waals surface area contributed by atoms with Crippen LogP contribution in [-0.2, 0) is 4.43 Å². The van der Waals surface area contributed by atoms with Gasteiger partial charge in [0.1, 0.15) is 0 Å². The maximum absolute atomic E-state index is 8.93. The zero-order valence-electron chi connectivity index (χ0n) is 15.5. The average molecular weight is 323 g/mol. The van der Waals surface area contributed by atoms with Gasteiger partial charge in [0.05, 0.1) is 12.7 Å². The van der Waals surface area contributed by atoms with Crippen molar-refractivity contribution in [1.82, 2.24) is 0 Å². The second-order valence-corrected chi connectivity index (χ2v) is 12.7. The first kappa shape index (κ1) is 19.4. The lowest BCUT2D eigenvalue weighted by molar-refractivity contribution is 0.194. The molecule has 1 N–H and O–H groups in total. The van der Waals surface area contributed by atoms with Gasteiger partial charge in [-0.1, -0.05) is 44.6 Å². The van der Waals surface area contributed by atoms with Crippen LogP contribution in [0.2, 0.25) is 18.1 Å². The van der Waals surface area contributed by atoms with Crippen molar-refractivity contribution in [1.29, 1.82) is 0 Å². The molecule has 0 fully saturated rings. The summed E-state index contributed by atoms with van der Waals surface area (Å²) in [5.74, 6) is 0. The van der Waals surface area contributed by atoms with Gasteiger partial charge < -0.3 is 9.53 Å². The van der Waals surface area contributed by atoms with Crippen LogP contribution in [0.4, 0.5) is 0 Å². The van der Waals surface area contributed by atoms with Gasteiger partial charge in [-0.05, 0) is 62.4 Å². The average Bonchev–Trinajstić information content (AvgIpc) is 2.38. The third-order valence-corrected chi connectivity index (χ3v) is 9.59. The fourth-order valence-corrected chi connectivity index (χ4v) is 3.80. The molecule has 0 radical (unpaired) electrons. The summed E-state index contributed by atoms with van der Waals surface area (Å²) in [6.45, 7) is 15.9. The van der Waals surface area contributed by atoms with E-state index in [1.807, 2.05) is 13.0 Å². The normalized spacial score (nSPS) is 21.8. The van der Waals surface area contributed by atoms with Crippen molar-refractivity contribution < 1.29 is 9.53 Å². The number of hydrogen-bond acceptors (Lipinski definition) is 2. The Balaban J connectivity index is 2.91. The highest BCUT2D eigenvalue weighted by Crippen LogP contribution is 2.40. The SMILES string of the molecule is CC1=C(/C=C/C(C)=C\CO)CCCC1O[Si](C)(C)C(C)(C)C. The van der Waals surface area contributed by atoms with Crippen LogP contribution in [-0.4, -0.2) is 26.1 Å². The minimum atomic E-state index is -1.72. The molecule has 1 aliphatic carbocycles. The van der Waals surface area contributed by atoms with E-state index in [-0.39, 0.29) is 17.7 Å². The van der Waals surface area contributed by atoms with Crippen molar-refractivity contribution in [3.05, 3.63) is 34.9 Å². The third kappa shape index (κ3) is 5.22. The molecule has 0 aromatic rings. The van der Waals surface area contributed by atoms with Crippen LogP contribution in [0.15, 0.2) is 34.9 Å². The van der Waals surface area contributed by atoms with Crippen molar-refractivity contribution in [3.8, 4) is 0 Å². The first-order valence-corrected chi connectivity index (χ1v) is 11.3. The predicted molar refractivity (Wildman–Crippen MR) is 98.6 cm³/mol. The summed E-state index contributed by atoms with van der Waals surface area (Å²) in [6.07, 6.45) is 9.88. The Morgan fingerprint density at radius 2 is 2.00 bits per heavy atom. The molecule has 126 valence electrons. The summed E-state index contributed by atoms with van der Waals surface area (Å²) in [5.41, 5.74) is 3.90. The topological polar surface area (TPSA) is 29.5 Å². The maximum atomic E-state index is 8.93. The highest BCUT2D eigenvalue weighted by Gasteiger charge is 2.39. The number of rotatable bonds is 5. The number of hydrogen-bond donors (Lipinski definition) is 1. The van der Waals surface area contributed by atoms with Gasteiger partial charge in [-0.25, -0.2) is 0 Å². The van der Waals surface area contributed by atoms with E-state index in [0.29, 0.717) is 0 Å². The minimum Gasteiger partial charge on any atom is -0.410 e. The first-order chi connectivity index (χ1) is 10.1. The summed E-state index contributed by atoms with van der Waals surface area (Å²) in [5, 5.41) is 9.18. The molecule has 0 bridgehead atoms. The molecule has 0 aromatic heterocycles. The summed E-state index contributed by atoms with van der Waals surface area (Å²) >= 11 is 0. The molecule has 0 saturated carbocycles. The molecule has 0 amide bonds. The largest absolute Gasteiger partial charge is 0.410 e. The summed E-state index contributed by atoms with van der Waals surface area (Å²) in [4.78, 5) is 0. The molecule has 0 saturated heterocycles. The van der Waals surface area contributed by atoms with Gasteiger partial charge in [0.2, 0.25) is 0 Å². The molecular formula is C19H34O2Si. The molecule has 1 rings (SSSR count). The lowest BCUT2D eigenvalue weighted by Crippen LogP contribution is -2.44. The predicted octanol–water partition coefficient (Wildman–Crippen LogP) is 5.37. The smallest absolute Gasteiger partial charge is 0.192 e. The molecule has 0 aliphatic heterocycles. The van der Waals surface area contributed by atoms with E-state index in [4.69, 9.17) is 9.53 Å². The Morgan fingerprint density at radius 3 is 2.55 bits per heavy atom. The lowest BCUT2D eigenvalue weighted by atomic mass is 9.90. The van der Waals surface area contributed by atoms with Gasteiger partial charge in [0.15, 0.2) is 8.32 Å². The highest BCUT2D eigenvalue weighted by atomic mass is 28.4. The monoisotopic (exact) mass is 322 g/mol. The van der Waals surface area contributed by atoms with E-state index >= 15 is 0 Å². The molecular weight excluding hydrogens is 288 g/mol. The van der Waals surface area contributed by atoms with E-state index in [1.165, 1.54) is 17.6 Å². The molecule has 0 spiro atoms. The lowest BCUT2D eigenvalue weighted by Gasteiger charge is -2.41. The van der Waals surface area contributed by atoms with Crippen molar-refractivity contribution in [3.63, 3.8) is 0 Å². The zero-order valence-corrected chi connectivity index (χ0v) is 16.5. The van der Waals surface area contributed by atoms with Gasteiger partial charge >= 0.3 is 0 Å². The van der Waals surface area contributed by atoms with E-state index in [2.05, 4.69) is 52.9 Å². The minimum absolute atomic E-state index is 0.102. The highest BCUT2D eigenvalue weighted by molar-refractivity contribution is 6.74.